The lowest BCUT2D eigenvalue weighted by Crippen LogP contribution is -2.41. The van der Waals surface area contributed by atoms with E-state index in [4.69, 9.17) is 0 Å². The third-order valence-electron chi connectivity index (χ3n) is 6.29. The number of fused-ring (bicyclic) bond motifs is 1. The molecular weight excluding hydrogens is 428 g/mol. The van der Waals surface area contributed by atoms with Gasteiger partial charge in [0.2, 0.25) is 10.0 Å². The van der Waals surface area contributed by atoms with Gasteiger partial charge in [-0.05, 0) is 43.7 Å². The molecule has 0 N–H and O–H groups in total. The van der Waals surface area contributed by atoms with E-state index in [0.717, 1.165) is 44.2 Å². The molecule has 1 aromatic carbocycles. The van der Waals surface area contributed by atoms with Gasteiger partial charge in [-0.15, -0.1) is 5.10 Å². The van der Waals surface area contributed by atoms with Crippen LogP contribution in [-0.2, 0) is 16.6 Å². The van der Waals surface area contributed by atoms with Crippen LogP contribution in [-0.4, -0.2) is 69.7 Å². The average molecular weight is 455 g/mol. The Hall–Kier alpha value is -2.85. The summed E-state index contributed by atoms with van der Waals surface area (Å²) in [7, 11) is -3.67. The van der Waals surface area contributed by atoms with Gasteiger partial charge < -0.3 is 4.90 Å². The van der Waals surface area contributed by atoms with Crippen LogP contribution in [0.2, 0.25) is 0 Å². The highest BCUT2D eigenvalue weighted by Crippen LogP contribution is 2.28. The van der Waals surface area contributed by atoms with Crippen molar-refractivity contribution in [2.45, 2.75) is 37.1 Å². The van der Waals surface area contributed by atoms with Gasteiger partial charge in [0.1, 0.15) is 4.90 Å². The summed E-state index contributed by atoms with van der Waals surface area (Å²) in [5, 5.41) is 8.99. The number of aromatic nitrogens is 4. The fraction of sp³-hybridized carbons (Fsp3) is 0.455. The minimum Gasteiger partial charge on any atom is -0.337 e. The predicted molar refractivity (Wildman–Crippen MR) is 118 cm³/mol. The van der Waals surface area contributed by atoms with Crippen molar-refractivity contribution >= 4 is 26.8 Å². The highest BCUT2D eigenvalue weighted by atomic mass is 32.2. The van der Waals surface area contributed by atoms with Gasteiger partial charge in [0.05, 0.1) is 11.7 Å². The Morgan fingerprint density at radius 2 is 1.88 bits per heavy atom. The highest BCUT2D eigenvalue weighted by molar-refractivity contribution is 7.89. The fourth-order valence-electron chi connectivity index (χ4n) is 4.65. The predicted octanol–water partition coefficient (Wildman–Crippen LogP) is 2.16. The average Bonchev–Trinajstić information content (AvgIpc) is 3.51. The number of carbonyl (C=O) groups is 1. The van der Waals surface area contributed by atoms with Crippen molar-refractivity contribution < 1.29 is 13.2 Å². The lowest BCUT2D eigenvalue weighted by molar-refractivity contribution is 0.0787. The second-order valence-electron chi connectivity index (χ2n) is 8.53. The van der Waals surface area contributed by atoms with Crippen molar-refractivity contribution in [1.29, 1.82) is 0 Å². The molecule has 0 saturated carbocycles. The Labute approximate surface area is 187 Å². The lowest BCUT2D eigenvalue weighted by atomic mass is 10.00. The zero-order valence-corrected chi connectivity index (χ0v) is 18.6. The standard InChI is InChI=1S/C22H26N6O3S/c29-22(26-11-1-2-12-26)19-16-27(25-24-19)14-17-6-5-13-28(15-17)32(30,31)20-9-3-7-18-8-4-10-23-21(18)20/h3-4,7-10,16-17H,1-2,5-6,11-15H2/t17-/m1/s1. The van der Waals surface area contributed by atoms with E-state index in [-0.39, 0.29) is 16.7 Å². The number of rotatable bonds is 5. The first-order valence-corrected chi connectivity index (χ1v) is 12.5. The van der Waals surface area contributed by atoms with Crippen LogP contribution in [0.15, 0.2) is 47.6 Å². The number of carbonyl (C=O) groups excluding carboxylic acids is 1. The van der Waals surface area contributed by atoms with E-state index < -0.39 is 10.0 Å². The van der Waals surface area contributed by atoms with Gasteiger partial charge in [0.15, 0.2) is 5.69 Å². The molecule has 168 valence electrons. The summed E-state index contributed by atoms with van der Waals surface area (Å²) in [5.74, 6) is 0.0166. The molecule has 0 spiro atoms. The van der Waals surface area contributed by atoms with Crippen molar-refractivity contribution in [3.63, 3.8) is 0 Å². The van der Waals surface area contributed by atoms with Crippen LogP contribution in [0.25, 0.3) is 10.9 Å². The van der Waals surface area contributed by atoms with Crippen molar-refractivity contribution in [2.24, 2.45) is 5.92 Å². The van der Waals surface area contributed by atoms with Crippen LogP contribution in [0.1, 0.15) is 36.2 Å². The summed E-state index contributed by atoms with van der Waals surface area (Å²) in [6.45, 7) is 2.95. The van der Waals surface area contributed by atoms with Gasteiger partial charge in [-0.2, -0.15) is 4.31 Å². The first-order valence-electron chi connectivity index (χ1n) is 11.1. The largest absolute Gasteiger partial charge is 0.337 e. The van der Waals surface area contributed by atoms with Gasteiger partial charge in [0.25, 0.3) is 5.91 Å². The summed E-state index contributed by atoms with van der Waals surface area (Å²) in [6.07, 6.45) is 7.03. The summed E-state index contributed by atoms with van der Waals surface area (Å²) >= 11 is 0. The summed E-state index contributed by atoms with van der Waals surface area (Å²) in [6, 6.07) is 8.92. The molecule has 2 fully saturated rings. The number of nitrogens with zero attached hydrogens (tertiary/aromatic N) is 6. The molecule has 3 aromatic rings. The topological polar surface area (TPSA) is 101 Å². The number of amides is 1. The molecule has 2 aliphatic heterocycles. The van der Waals surface area contributed by atoms with Crippen LogP contribution in [0, 0.1) is 5.92 Å². The lowest BCUT2D eigenvalue weighted by Gasteiger charge is -2.32. The van der Waals surface area contributed by atoms with E-state index >= 15 is 0 Å². The molecule has 0 radical (unpaired) electrons. The maximum absolute atomic E-state index is 13.4. The minimum absolute atomic E-state index is 0.0787. The van der Waals surface area contributed by atoms with Gasteiger partial charge in [-0.25, -0.2) is 8.42 Å². The number of piperidine rings is 1. The molecule has 2 aliphatic rings. The molecule has 0 bridgehead atoms. The Morgan fingerprint density at radius 3 is 2.72 bits per heavy atom. The van der Waals surface area contributed by atoms with Crippen LogP contribution in [0.4, 0.5) is 0 Å². The first-order chi connectivity index (χ1) is 15.5. The van der Waals surface area contributed by atoms with Gasteiger partial charge in [0, 0.05) is 44.3 Å². The van der Waals surface area contributed by atoms with Crippen LogP contribution in [0.5, 0.6) is 0 Å². The molecule has 0 unspecified atom stereocenters. The molecule has 4 heterocycles. The number of likely N-dealkylation sites (tertiary alicyclic amines) is 1. The molecule has 9 nitrogen and oxygen atoms in total. The molecular formula is C22H26N6O3S. The zero-order valence-electron chi connectivity index (χ0n) is 17.8. The van der Waals surface area contributed by atoms with E-state index in [0.29, 0.717) is 30.8 Å². The van der Waals surface area contributed by atoms with Gasteiger partial charge >= 0.3 is 0 Å². The maximum Gasteiger partial charge on any atom is 0.276 e. The molecule has 1 amide bonds. The van der Waals surface area contributed by atoms with Crippen molar-refractivity contribution in [1.82, 2.24) is 29.2 Å². The minimum atomic E-state index is -3.67. The molecule has 5 rings (SSSR count). The second kappa shape index (κ2) is 8.59. The van der Waals surface area contributed by atoms with Crippen LogP contribution >= 0.6 is 0 Å². The van der Waals surface area contributed by atoms with Crippen LogP contribution < -0.4 is 0 Å². The summed E-state index contributed by atoms with van der Waals surface area (Å²) < 4.78 is 30.1. The SMILES string of the molecule is O=C(c1cn(C[C@H]2CCCN(S(=O)(=O)c3cccc4cccnc34)C2)nn1)N1CCCC1. The van der Waals surface area contributed by atoms with Crippen LogP contribution in [0.3, 0.4) is 0 Å². The summed E-state index contributed by atoms with van der Waals surface area (Å²) in [5.41, 5.74) is 0.854. The first kappa shape index (κ1) is 21.0. The molecule has 2 saturated heterocycles. The van der Waals surface area contributed by atoms with Gasteiger partial charge in [-0.3, -0.25) is 14.5 Å². The van der Waals surface area contributed by atoms with Crippen molar-refractivity contribution in [2.75, 3.05) is 26.2 Å². The van der Waals surface area contributed by atoms with E-state index in [9.17, 15) is 13.2 Å². The number of benzene rings is 1. The normalized spacial score (nSPS) is 20.1. The third-order valence-corrected chi connectivity index (χ3v) is 8.19. The molecule has 2 aromatic heterocycles. The zero-order chi connectivity index (χ0) is 22.1. The second-order valence-corrected chi connectivity index (χ2v) is 10.4. The maximum atomic E-state index is 13.4. The van der Waals surface area contributed by atoms with E-state index in [2.05, 4.69) is 15.3 Å². The molecule has 0 aliphatic carbocycles. The Bertz CT molecular complexity index is 1230. The molecule has 10 heteroatoms. The number of para-hydroxylation sites is 1. The monoisotopic (exact) mass is 454 g/mol. The Morgan fingerprint density at radius 1 is 1.06 bits per heavy atom. The summed E-state index contributed by atoms with van der Waals surface area (Å²) in [4.78, 5) is 18.9. The van der Waals surface area contributed by atoms with E-state index in [1.54, 1.807) is 39.6 Å². The number of sulfonamides is 1. The highest BCUT2D eigenvalue weighted by Gasteiger charge is 2.32. The Kier molecular flexibility index (Phi) is 5.64. The number of hydrogen-bond acceptors (Lipinski definition) is 6. The smallest absolute Gasteiger partial charge is 0.276 e. The van der Waals surface area contributed by atoms with E-state index in [1.165, 1.54) is 0 Å². The molecule has 32 heavy (non-hydrogen) atoms. The van der Waals surface area contributed by atoms with E-state index in [1.807, 2.05) is 17.0 Å². The molecule has 1 atom stereocenters. The Balaban J connectivity index is 1.31. The van der Waals surface area contributed by atoms with Gasteiger partial charge in [-0.1, -0.05) is 23.4 Å². The fourth-order valence-corrected chi connectivity index (χ4v) is 6.37. The van der Waals surface area contributed by atoms with Crippen molar-refractivity contribution in [3.05, 3.63) is 48.4 Å². The number of hydrogen-bond donors (Lipinski definition) is 0. The van der Waals surface area contributed by atoms with Crippen molar-refractivity contribution in [3.8, 4) is 0 Å². The third kappa shape index (κ3) is 4.00. The quantitative estimate of drug-likeness (QED) is 0.586. The number of pyridine rings is 1.